The number of rotatable bonds is 7. The first-order chi connectivity index (χ1) is 7.62. The molecule has 0 aliphatic heterocycles. The molecule has 1 aliphatic carbocycles. The van der Waals surface area contributed by atoms with Gasteiger partial charge in [-0.15, -0.1) is 0 Å². The molecule has 96 valence electrons. The molecule has 1 fully saturated rings. The highest BCUT2D eigenvalue weighted by Gasteiger charge is 2.38. The summed E-state index contributed by atoms with van der Waals surface area (Å²) in [6.07, 6.45) is 6.14. The van der Waals surface area contributed by atoms with Gasteiger partial charge in [0.1, 0.15) is 0 Å². The van der Waals surface area contributed by atoms with Crippen molar-refractivity contribution in [3.8, 4) is 0 Å². The number of hydrogen-bond acceptors (Lipinski definition) is 3. The predicted molar refractivity (Wildman–Crippen MR) is 73.1 cm³/mol. The summed E-state index contributed by atoms with van der Waals surface area (Å²) in [6, 6.07) is 0.464. The van der Waals surface area contributed by atoms with E-state index in [2.05, 4.69) is 37.8 Å². The Kier molecular flexibility index (Phi) is 6.16. The molecule has 2 atom stereocenters. The number of hydrogen-bond donors (Lipinski definition) is 2. The van der Waals surface area contributed by atoms with Gasteiger partial charge in [-0.2, -0.15) is 11.8 Å². The standard InChI is InChI=1S/C13H27NOS/c1-4-5-8-16-12-6-7-13(9-12,10-15)14-11(2)3/h11-12,14-15H,4-10H2,1-3H3. The Labute approximate surface area is 105 Å². The summed E-state index contributed by atoms with van der Waals surface area (Å²) in [5.41, 5.74) is 0.0120. The third-order valence-electron chi connectivity index (χ3n) is 3.31. The van der Waals surface area contributed by atoms with Crippen LogP contribution in [-0.4, -0.2) is 34.3 Å². The zero-order chi connectivity index (χ0) is 12.0. The second-order valence-electron chi connectivity index (χ2n) is 5.33. The summed E-state index contributed by atoms with van der Waals surface area (Å²) in [6.45, 7) is 6.85. The second-order valence-corrected chi connectivity index (χ2v) is 6.73. The molecular weight excluding hydrogens is 218 g/mol. The van der Waals surface area contributed by atoms with Gasteiger partial charge in [-0.05, 0) is 31.4 Å². The van der Waals surface area contributed by atoms with E-state index in [4.69, 9.17) is 0 Å². The van der Waals surface area contributed by atoms with Crippen molar-refractivity contribution in [2.24, 2.45) is 0 Å². The normalized spacial score (nSPS) is 30.2. The first-order valence-corrected chi connectivity index (χ1v) is 7.67. The Morgan fingerprint density at radius 2 is 2.25 bits per heavy atom. The van der Waals surface area contributed by atoms with Crippen LogP contribution in [0.3, 0.4) is 0 Å². The smallest absolute Gasteiger partial charge is 0.0613 e. The van der Waals surface area contributed by atoms with E-state index in [9.17, 15) is 5.11 Å². The minimum atomic E-state index is 0.0120. The van der Waals surface area contributed by atoms with Crippen LogP contribution < -0.4 is 5.32 Å². The van der Waals surface area contributed by atoms with Crippen LogP contribution in [0.1, 0.15) is 52.9 Å². The molecule has 2 nitrogen and oxygen atoms in total. The molecule has 3 heteroatoms. The summed E-state index contributed by atoms with van der Waals surface area (Å²) < 4.78 is 0. The van der Waals surface area contributed by atoms with Crippen LogP contribution in [0.5, 0.6) is 0 Å². The average molecular weight is 245 g/mol. The average Bonchev–Trinajstić information content (AvgIpc) is 2.62. The number of aliphatic hydroxyl groups is 1. The van der Waals surface area contributed by atoms with Crippen molar-refractivity contribution >= 4 is 11.8 Å². The number of nitrogens with one attached hydrogen (secondary N) is 1. The first kappa shape index (κ1) is 14.3. The van der Waals surface area contributed by atoms with Crippen LogP contribution >= 0.6 is 11.8 Å². The van der Waals surface area contributed by atoms with Crippen molar-refractivity contribution in [3.05, 3.63) is 0 Å². The lowest BCUT2D eigenvalue weighted by Gasteiger charge is -2.31. The monoisotopic (exact) mass is 245 g/mol. The van der Waals surface area contributed by atoms with Crippen molar-refractivity contribution in [2.45, 2.75) is 69.7 Å². The van der Waals surface area contributed by atoms with E-state index in [1.807, 2.05) is 0 Å². The van der Waals surface area contributed by atoms with Gasteiger partial charge in [-0.25, -0.2) is 0 Å². The molecule has 16 heavy (non-hydrogen) atoms. The largest absolute Gasteiger partial charge is 0.394 e. The van der Waals surface area contributed by atoms with Crippen LogP contribution in [0.4, 0.5) is 0 Å². The van der Waals surface area contributed by atoms with Gasteiger partial charge in [0.05, 0.1) is 6.61 Å². The van der Waals surface area contributed by atoms with Gasteiger partial charge in [-0.1, -0.05) is 27.2 Å². The van der Waals surface area contributed by atoms with Crippen molar-refractivity contribution in [1.82, 2.24) is 5.32 Å². The zero-order valence-electron chi connectivity index (χ0n) is 11.0. The second kappa shape index (κ2) is 6.87. The summed E-state index contributed by atoms with van der Waals surface area (Å²) >= 11 is 2.10. The van der Waals surface area contributed by atoms with Gasteiger partial charge in [0.25, 0.3) is 0 Å². The molecule has 2 unspecified atom stereocenters. The van der Waals surface area contributed by atoms with Gasteiger partial charge in [0.15, 0.2) is 0 Å². The Morgan fingerprint density at radius 1 is 1.50 bits per heavy atom. The molecule has 1 rings (SSSR count). The van der Waals surface area contributed by atoms with E-state index in [1.165, 1.54) is 25.0 Å². The Morgan fingerprint density at radius 3 is 2.81 bits per heavy atom. The maximum atomic E-state index is 9.58. The first-order valence-electron chi connectivity index (χ1n) is 6.62. The van der Waals surface area contributed by atoms with Gasteiger partial charge in [-0.3, -0.25) is 0 Å². The molecule has 0 saturated heterocycles. The maximum Gasteiger partial charge on any atom is 0.0613 e. The van der Waals surface area contributed by atoms with E-state index in [0.717, 1.165) is 18.1 Å². The molecule has 0 aromatic carbocycles. The van der Waals surface area contributed by atoms with Crippen molar-refractivity contribution in [1.29, 1.82) is 0 Å². The lowest BCUT2D eigenvalue weighted by atomic mass is 9.98. The fourth-order valence-electron chi connectivity index (χ4n) is 2.55. The van der Waals surface area contributed by atoms with Crippen LogP contribution in [0.2, 0.25) is 0 Å². The number of aliphatic hydroxyl groups excluding tert-OH is 1. The van der Waals surface area contributed by atoms with Crippen molar-refractivity contribution in [3.63, 3.8) is 0 Å². The zero-order valence-corrected chi connectivity index (χ0v) is 11.8. The molecule has 0 amide bonds. The fourth-order valence-corrected chi connectivity index (χ4v) is 4.06. The highest BCUT2D eigenvalue weighted by molar-refractivity contribution is 7.99. The van der Waals surface area contributed by atoms with Crippen LogP contribution in [-0.2, 0) is 0 Å². The third-order valence-corrected chi connectivity index (χ3v) is 4.71. The molecular formula is C13H27NOS. The van der Waals surface area contributed by atoms with Crippen LogP contribution in [0, 0.1) is 0 Å². The maximum absolute atomic E-state index is 9.58. The molecule has 0 spiro atoms. The fraction of sp³-hybridized carbons (Fsp3) is 1.00. The van der Waals surface area contributed by atoms with E-state index in [0.29, 0.717) is 6.04 Å². The third kappa shape index (κ3) is 4.27. The molecule has 0 aromatic heterocycles. The Bertz CT molecular complexity index is 198. The minimum Gasteiger partial charge on any atom is -0.394 e. The van der Waals surface area contributed by atoms with Gasteiger partial charge >= 0.3 is 0 Å². The Hall–Kier alpha value is 0.270. The summed E-state index contributed by atoms with van der Waals surface area (Å²) in [5, 5.41) is 13.9. The highest BCUT2D eigenvalue weighted by Crippen LogP contribution is 2.37. The van der Waals surface area contributed by atoms with Crippen LogP contribution in [0.15, 0.2) is 0 Å². The quantitative estimate of drug-likeness (QED) is 0.677. The van der Waals surface area contributed by atoms with Crippen molar-refractivity contribution < 1.29 is 5.11 Å². The lowest BCUT2D eigenvalue weighted by Crippen LogP contribution is -2.49. The van der Waals surface area contributed by atoms with Gasteiger partial charge in [0, 0.05) is 16.8 Å². The molecule has 1 aliphatic rings. The number of unbranched alkanes of at least 4 members (excludes halogenated alkanes) is 1. The highest BCUT2D eigenvalue weighted by atomic mass is 32.2. The lowest BCUT2D eigenvalue weighted by molar-refractivity contribution is 0.156. The molecule has 0 bridgehead atoms. The van der Waals surface area contributed by atoms with Gasteiger partial charge in [0.2, 0.25) is 0 Å². The molecule has 2 N–H and O–H groups in total. The number of thioether (sulfide) groups is 1. The molecule has 0 aromatic rings. The van der Waals surface area contributed by atoms with E-state index >= 15 is 0 Å². The van der Waals surface area contributed by atoms with Crippen molar-refractivity contribution in [2.75, 3.05) is 12.4 Å². The van der Waals surface area contributed by atoms with Crippen LogP contribution in [0.25, 0.3) is 0 Å². The molecule has 0 radical (unpaired) electrons. The molecule has 0 heterocycles. The van der Waals surface area contributed by atoms with E-state index < -0.39 is 0 Å². The van der Waals surface area contributed by atoms with E-state index in [-0.39, 0.29) is 12.1 Å². The topological polar surface area (TPSA) is 32.3 Å². The summed E-state index contributed by atoms with van der Waals surface area (Å²) in [7, 11) is 0. The Balaban J connectivity index is 2.35. The van der Waals surface area contributed by atoms with E-state index in [1.54, 1.807) is 0 Å². The minimum absolute atomic E-state index is 0.0120. The van der Waals surface area contributed by atoms with Gasteiger partial charge < -0.3 is 10.4 Å². The molecule has 1 saturated carbocycles. The predicted octanol–water partition coefficient (Wildman–Crippen LogP) is 2.80. The summed E-state index contributed by atoms with van der Waals surface area (Å²) in [5.74, 6) is 1.28. The summed E-state index contributed by atoms with van der Waals surface area (Å²) in [4.78, 5) is 0. The SMILES string of the molecule is CCCCSC1CCC(CO)(NC(C)C)C1.